The van der Waals surface area contributed by atoms with E-state index in [0.29, 0.717) is 12.8 Å². The number of rotatable bonds is 8. The van der Waals surface area contributed by atoms with Gasteiger partial charge in [-0.2, -0.15) is 0 Å². The summed E-state index contributed by atoms with van der Waals surface area (Å²) in [5, 5.41) is 49.0. The fourth-order valence-electron chi connectivity index (χ4n) is 0.620. The normalized spacial score (nSPS) is 8.17. The van der Waals surface area contributed by atoms with E-state index in [9.17, 15) is 14.4 Å². The molecule has 0 saturated heterocycles. The van der Waals surface area contributed by atoms with Crippen LogP contribution in [0.3, 0.4) is 0 Å². The maximum Gasteiger partial charge on any atom is 0.330 e. The van der Waals surface area contributed by atoms with Crippen molar-refractivity contribution in [1.82, 2.24) is 0 Å². The van der Waals surface area contributed by atoms with Crippen molar-refractivity contribution in [2.24, 2.45) is 5.92 Å². The fraction of sp³-hybridized carbons (Fsp3) is 0.550. The Balaban J connectivity index is -0.0000000871. The van der Waals surface area contributed by atoms with Gasteiger partial charge in [0.1, 0.15) is 0 Å². The van der Waals surface area contributed by atoms with E-state index in [1.807, 2.05) is 13.8 Å². The number of hydrogen-bond acceptors (Lipinski definition) is 6. The van der Waals surface area contributed by atoms with Crippen LogP contribution in [0.5, 0.6) is 0 Å². The molecule has 0 fully saturated rings. The molecule has 0 radical (unpaired) electrons. The second-order valence-corrected chi connectivity index (χ2v) is 5.35. The van der Waals surface area contributed by atoms with Gasteiger partial charge in [0.25, 0.3) is 0 Å². The molecule has 9 nitrogen and oxygen atoms in total. The van der Waals surface area contributed by atoms with E-state index in [2.05, 4.69) is 19.7 Å². The molecule has 0 aliphatic carbocycles. The lowest BCUT2D eigenvalue weighted by molar-refractivity contribution is -0.133. The number of aliphatic hydroxyl groups excluding tert-OH is 3. The Labute approximate surface area is 173 Å². The average molecular weight is 423 g/mol. The lowest BCUT2D eigenvalue weighted by Gasteiger charge is -2.07. The molecule has 0 rings (SSSR count). The summed E-state index contributed by atoms with van der Waals surface area (Å²) in [7, 11) is 0. The van der Waals surface area contributed by atoms with Crippen molar-refractivity contribution in [2.45, 2.75) is 47.5 Å². The largest absolute Gasteiger partial charge is 0.478 e. The molecule has 0 unspecified atom stereocenters. The van der Waals surface area contributed by atoms with Crippen molar-refractivity contribution in [3.05, 3.63) is 36.5 Å². The zero-order valence-corrected chi connectivity index (χ0v) is 18.1. The van der Waals surface area contributed by atoms with Gasteiger partial charge in [0.05, 0.1) is 0 Å². The molecular formula is C20H38O9. The van der Waals surface area contributed by atoms with Gasteiger partial charge < -0.3 is 30.6 Å². The zero-order chi connectivity index (χ0) is 24.6. The standard InChI is InChI=1S/C6H14O3.3C4H6O2.C2H6/c7-3-1-2-6(4-8)5-9;3*1-3(2)4(5)6;1-2/h6-9H,1-5H2;3*1H2,2H3,(H,5,6);1-2H3. The first-order chi connectivity index (χ1) is 13.3. The summed E-state index contributed by atoms with van der Waals surface area (Å²) in [4.78, 5) is 28.8. The second-order valence-electron chi connectivity index (χ2n) is 5.35. The van der Waals surface area contributed by atoms with E-state index >= 15 is 0 Å². The number of aliphatic hydroxyl groups is 3. The smallest absolute Gasteiger partial charge is 0.330 e. The Kier molecular flexibility index (Phi) is 35.6. The summed E-state index contributed by atoms with van der Waals surface area (Å²) in [5.74, 6) is -2.85. The molecule has 0 amide bonds. The Morgan fingerprint density at radius 2 is 0.897 bits per heavy atom. The number of aliphatic carboxylic acids is 3. The number of carboxylic acids is 3. The maximum absolute atomic E-state index is 9.60. The lowest BCUT2D eigenvalue weighted by Crippen LogP contribution is -2.11. The summed E-state index contributed by atoms with van der Waals surface area (Å²) in [6.45, 7) is 18.0. The molecule has 0 spiro atoms. The van der Waals surface area contributed by atoms with Gasteiger partial charge in [-0.15, -0.1) is 0 Å². The van der Waals surface area contributed by atoms with Crippen LogP contribution in [0, 0.1) is 5.92 Å². The first-order valence-electron chi connectivity index (χ1n) is 8.77. The van der Waals surface area contributed by atoms with Crippen LogP contribution in [0.4, 0.5) is 0 Å². The van der Waals surface area contributed by atoms with Crippen molar-refractivity contribution in [1.29, 1.82) is 0 Å². The van der Waals surface area contributed by atoms with Crippen molar-refractivity contribution >= 4 is 17.9 Å². The first-order valence-corrected chi connectivity index (χ1v) is 8.77. The fourth-order valence-corrected chi connectivity index (χ4v) is 0.620. The minimum absolute atomic E-state index is 0.0104. The zero-order valence-electron chi connectivity index (χ0n) is 18.1. The molecule has 6 N–H and O–H groups in total. The third-order valence-corrected chi connectivity index (χ3v) is 2.38. The Hall–Kier alpha value is -2.49. The van der Waals surface area contributed by atoms with Crippen molar-refractivity contribution in [3.8, 4) is 0 Å². The second kappa shape index (κ2) is 27.7. The van der Waals surface area contributed by atoms with Gasteiger partial charge in [0.15, 0.2) is 0 Å². The minimum atomic E-state index is -0.935. The molecule has 0 saturated carbocycles. The first kappa shape index (κ1) is 37.3. The average Bonchev–Trinajstić information content (AvgIpc) is 2.65. The molecule has 172 valence electrons. The van der Waals surface area contributed by atoms with Crippen molar-refractivity contribution in [3.63, 3.8) is 0 Å². The lowest BCUT2D eigenvalue weighted by atomic mass is 10.1. The highest BCUT2D eigenvalue weighted by Gasteiger charge is 2.03. The number of carboxylic acid groups (broad SMARTS) is 3. The molecular weight excluding hydrogens is 384 g/mol. The Morgan fingerprint density at radius 3 is 1.00 bits per heavy atom. The predicted molar refractivity (Wildman–Crippen MR) is 113 cm³/mol. The van der Waals surface area contributed by atoms with Gasteiger partial charge in [-0.3, -0.25) is 0 Å². The van der Waals surface area contributed by atoms with E-state index < -0.39 is 17.9 Å². The van der Waals surface area contributed by atoms with Crippen LogP contribution in [-0.2, 0) is 14.4 Å². The molecule has 0 atom stereocenters. The number of hydrogen-bond donors (Lipinski definition) is 6. The predicted octanol–water partition coefficient (Wildman–Crippen LogP) is 2.33. The molecule has 0 aliphatic rings. The highest BCUT2D eigenvalue weighted by molar-refractivity contribution is 5.85. The quantitative estimate of drug-likeness (QED) is 0.321. The molecule has 0 bridgehead atoms. The van der Waals surface area contributed by atoms with E-state index in [4.69, 9.17) is 30.6 Å². The molecule has 0 aromatic carbocycles. The van der Waals surface area contributed by atoms with Crippen molar-refractivity contribution < 1.29 is 45.0 Å². The van der Waals surface area contributed by atoms with Gasteiger partial charge in [-0.1, -0.05) is 33.6 Å². The summed E-state index contributed by atoms with van der Waals surface area (Å²) in [6, 6.07) is 0. The van der Waals surface area contributed by atoms with Gasteiger partial charge in [-0.25, -0.2) is 14.4 Å². The third kappa shape index (κ3) is 46.0. The van der Waals surface area contributed by atoms with Crippen molar-refractivity contribution in [2.75, 3.05) is 19.8 Å². The SMILES string of the molecule is C=C(C)C(=O)O.C=C(C)C(=O)O.C=C(C)C(=O)O.CC.OCCCC(CO)CO. The number of carbonyl (C=O) groups is 3. The highest BCUT2D eigenvalue weighted by atomic mass is 16.4. The van der Waals surface area contributed by atoms with Crippen LogP contribution < -0.4 is 0 Å². The summed E-state index contributed by atoms with van der Waals surface area (Å²) in [5.41, 5.74) is 0.528. The Bertz CT molecular complexity index is 385. The van der Waals surface area contributed by atoms with Crippen LogP contribution in [-0.4, -0.2) is 68.4 Å². The maximum atomic E-state index is 9.60. The molecule has 29 heavy (non-hydrogen) atoms. The molecule has 9 heteroatoms. The van der Waals surface area contributed by atoms with Gasteiger partial charge in [0.2, 0.25) is 0 Å². The van der Waals surface area contributed by atoms with Crippen LogP contribution >= 0.6 is 0 Å². The Morgan fingerprint density at radius 1 is 0.690 bits per heavy atom. The van der Waals surface area contributed by atoms with Gasteiger partial charge in [-0.05, 0) is 33.6 Å². The summed E-state index contributed by atoms with van der Waals surface area (Å²) in [6.07, 6.45) is 1.36. The summed E-state index contributed by atoms with van der Waals surface area (Å²) >= 11 is 0. The summed E-state index contributed by atoms with van der Waals surface area (Å²) < 4.78 is 0. The third-order valence-electron chi connectivity index (χ3n) is 2.38. The molecule has 0 heterocycles. The molecule has 0 aromatic heterocycles. The van der Waals surface area contributed by atoms with E-state index in [1.165, 1.54) is 20.8 Å². The van der Waals surface area contributed by atoms with Crippen LogP contribution in [0.15, 0.2) is 36.5 Å². The van der Waals surface area contributed by atoms with Gasteiger partial charge in [0, 0.05) is 42.5 Å². The monoisotopic (exact) mass is 422 g/mol. The van der Waals surface area contributed by atoms with Crippen LogP contribution in [0.25, 0.3) is 0 Å². The van der Waals surface area contributed by atoms with E-state index in [0.717, 1.165) is 0 Å². The molecule has 0 aromatic rings. The highest BCUT2D eigenvalue weighted by Crippen LogP contribution is 2.02. The molecule has 0 aliphatic heterocycles. The minimum Gasteiger partial charge on any atom is -0.478 e. The van der Waals surface area contributed by atoms with Gasteiger partial charge >= 0.3 is 17.9 Å². The van der Waals surface area contributed by atoms with Crippen LogP contribution in [0.2, 0.25) is 0 Å². The topological polar surface area (TPSA) is 173 Å². The van der Waals surface area contributed by atoms with Crippen LogP contribution in [0.1, 0.15) is 47.5 Å². The van der Waals surface area contributed by atoms with E-state index in [1.54, 1.807) is 0 Å². The van der Waals surface area contributed by atoms with E-state index in [-0.39, 0.29) is 42.5 Å².